The number of hydrogen-bond donors (Lipinski definition) is 0. The first-order valence-corrected chi connectivity index (χ1v) is 7.70. The fourth-order valence-corrected chi connectivity index (χ4v) is 2.83. The summed E-state index contributed by atoms with van der Waals surface area (Å²) >= 11 is 0. The lowest BCUT2D eigenvalue weighted by Gasteiger charge is -2.31. The van der Waals surface area contributed by atoms with E-state index in [0.29, 0.717) is 18.9 Å². The number of hydrogen-bond acceptors (Lipinski definition) is 3. The zero-order chi connectivity index (χ0) is 14.2. The van der Waals surface area contributed by atoms with Crippen LogP contribution in [0, 0.1) is 5.92 Å². The molecule has 0 N–H and O–H groups in total. The average Bonchev–Trinajstić information content (AvgIpc) is 2.48. The van der Waals surface area contributed by atoms with Crippen LogP contribution in [-0.2, 0) is 16.1 Å². The van der Waals surface area contributed by atoms with Crippen molar-refractivity contribution in [1.29, 1.82) is 0 Å². The van der Waals surface area contributed by atoms with Gasteiger partial charge in [-0.25, -0.2) is 0 Å². The van der Waals surface area contributed by atoms with Crippen molar-refractivity contribution in [3.63, 3.8) is 0 Å². The molecule has 0 spiro atoms. The minimum Gasteiger partial charge on any atom is -0.466 e. The summed E-state index contributed by atoms with van der Waals surface area (Å²) in [7, 11) is 0. The van der Waals surface area contributed by atoms with E-state index >= 15 is 0 Å². The molecule has 0 amide bonds. The third-order valence-electron chi connectivity index (χ3n) is 4.02. The summed E-state index contributed by atoms with van der Waals surface area (Å²) in [5.74, 6) is 0.644. The third kappa shape index (κ3) is 4.97. The minimum atomic E-state index is -0.0424. The van der Waals surface area contributed by atoms with E-state index in [9.17, 15) is 4.79 Å². The highest BCUT2D eigenvalue weighted by atomic mass is 16.5. The molecule has 1 fully saturated rings. The number of likely N-dealkylation sites (tertiary alicyclic amines) is 1. The number of benzene rings is 1. The van der Waals surface area contributed by atoms with Crippen LogP contribution >= 0.6 is 0 Å². The van der Waals surface area contributed by atoms with Crippen LogP contribution < -0.4 is 0 Å². The Kier molecular flexibility index (Phi) is 6.06. The number of nitrogens with zero attached hydrogens (tertiary/aromatic N) is 1. The molecule has 1 saturated heterocycles. The van der Waals surface area contributed by atoms with Crippen LogP contribution in [0.1, 0.15) is 38.2 Å². The van der Waals surface area contributed by atoms with E-state index in [2.05, 4.69) is 35.2 Å². The Morgan fingerprint density at radius 1 is 1.25 bits per heavy atom. The molecule has 0 radical (unpaired) electrons. The standard InChI is InChI=1S/C17H25NO2/c1-2-20-17(19)9-8-15-10-12-18(13-11-15)14-16-6-4-3-5-7-16/h3-7,15H,2,8-14H2,1H3. The smallest absolute Gasteiger partial charge is 0.305 e. The normalized spacial score (nSPS) is 17.1. The van der Waals surface area contributed by atoms with Gasteiger partial charge in [-0.05, 0) is 50.8 Å². The molecule has 2 rings (SSSR count). The maximum absolute atomic E-state index is 11.4. The quantitative estimate of drug-likeness (QED) is 0.746. The van der Waals surface area contributed by atoms with Crippen LogP contribution in [0.25, 0.3) is 0 Å². The summed E-state index contributed by atoms with van der Waals surface area (Å²) in [6.07, 6.45) is 3.97. The van der Waals surface area contributed by atoms with Crippen molar-refractivity contribution in [1.82, 2.24) is 4.90 Å². The van der Waals surface area contributed by atoms with Crippen molar-refractivity contribution in [2.45, 2.75) is 39.2 Å². The van der Waals surface area contributed by atoms with Crippen LogP contribution in [0.5, 0.6) is 0 Å². The highest BCUT2D eigenvalue weighted by Crippen LogP contribution is 2.23. The molecule has 110 valence electrons. The van der Waals surface area contributed by atoms with Gasteiger partial charge in [-0.3, -0.25) is 9.69 Å². The van der Waals surface area contributed by atoms with Gasteiger partial charge in [0, 0.05) is 13.0 Å². The summed E-state index contributed by atoms with van der Waals surface area (Å²) in [5.41, 5.74) is 1.39. The van der Waals surface area contributed by atoms with Crippen LogP contribution in [-0.4, -0.2) is 30.6 Å². The molecule has 0 aromatic heterocycles. The van der Waals surface area contributed by atoms with Gasteiger partial charge in [-0.15, -0.1) is 0 Å². The van der Waals surface area contributed by atoms with Crippen LogP contribution in [0.3, 0.4) is 0 Å². The van der Waals surface area contributed by atoms with Crippen molar-refractivity contribution >= 4 is 5.97 Å². The van der Waals surface area contributed by atoms with E-state index in [0.717, 1.165) is 26.1 Å². The molecule has 1 heterocycles. The molecule has 1 aliphatic rings. The van der Waals surface area contributed by atoms with E-state index in [4.69, 9.17) is 4.74 Å². The van der Waals surface area contributed by atoms with E-state index in [1.54, 1.807) is 0 Å². The molecule has 1 aliphatic heterocycles. The summed E-state index contributed by atoms with van der Waals surface area (Å²) in [6, 6.07) is 10.6. The largest absolute Gasteiger partial charge is 0.466 e. The first-order valence-electron chi connectivity index (χ1n) is 7.70. The maximum atomic E-state index is 11.4. The van der Waals surface area contributed by atoms with E-state index < -0.39 is 0 Å². The van der Waals surface area contributed by atoms with Crippen molar-refractivity contribution in [3.05, 3.63) is 35.9 Å². The molecular formula is C17H25NO2. The zero-order valence-electron chi connectivity index (χ0n) is 12.4. The Bertz CT molecular complexity index is 397. The number of carbonyl (C=O) groups is 1. The summed E-state index contributed by atoms with van der Waals surface area (Å²) < 4.78 is 4.98. The number of piperidine rings is 1. The maximum Gasteiger partial charge on any atom is 0.305 e. The summed E-state index contributed by atoms with van der Waals surface area (Å²) in [5, 5.41) is 0. The molecule has 0 atom stereocenters. The monoisotopic (exact) mass is 275 g/mol. The Hall–Kier alpha value is -1.35. The van der Waals surface area contributed by atoms with Crippen LogP contribution in [0.15, 0.2) is 30.3 Å². The number of esters is 1. The van der Waals surface area contributed by atoms with Gasteiger partial charge in [0.15, 0.2) is 0 Å². The molecule has 0 bridgehead atoms. The first kappa shape index (κ1) is 15.0. The second-order valence-corrected chi connectivity index (χ2v) is 5.55. The fraction of sp³-hybridized carbons (Fsp3) is 0.588. The van der Waals surface area contributed by atoms with Crippen molar-refractivity contribution in [3.8, 4) is 0 Å². The van der Waals surface area contributed by atoms with Crippen LogP contribution in [0.2, 0.25) is 0 Å². The minimum absolute atomic E-state index is 0.0424. The highest BCUT2D eigenvalue weighted by Gasteiger charge is 2.20. The molecule has 3 nitrogen and oxygen atoms in total. The first-order chi connectivity index (χ1) is 9.78. The fourth-order valence-electron chi connectivity index (χ4n) is 2.83. The average molecular weight is 275 g/mol. The molecule has 0 unspecified atom stereocenters. The number of ether oxygens (including phenoxy) is 1. The molecule has 3 heteroatoms. The Labute approximate surface area is 121 Å². The molecule has 20 heavy (non-hydrogen) atoms. The lowest BCUT2D eigenvalue weighted by molar-refractivity contribution is -0.143. The topological polar surface area (TPSA) is 29.5 Å². The lowest BCUT2D eigenvalue weighted by atomic mass is 9.92. The Morgan fingerprint density at radius 2 is 1.95 bits per heavy atom. The predicted octanol–water partition coefficient (Wildman–Crippen LogP) is 3.24. The molecule has 1 aromatic rings. The van der Waals surface area contributed by atoms with E-state index in [-0.39, 0.29) is 5.97 Å². The molecule has 0 aliphatic carbocycles. The Balaban J connectivity index is 1.66. The van der Waals surface area contributed by atoms with Crippen molar-refractivity contribution in [2.75, 3.05) is 19.7 Å². The second kappa shape index (κ2) is 8.05. The molecule has 0 saturated carbocycles. The van der Waals surface area contributed by atoms with Crippen molar-refractivity contribution < 1.29 is 9.53 Å². The number of rotatable bonds is 6. The van der Waals surface area contributed by atoms with Gasteiger partial charge < -0.3 is 4.74 Å². The van der Waals surface area contributed by atoms with Gasteiger partial charge in [0.05, 0.1) is 6.61 Å². The SMILES string of the molecule is CCOC(=O)CCC1CCN(Cc2ccccc2)CC1. The number of carbonyl (C=O) groups excluding carboxylic acids is 1. The van der Waals surface area contributed by atoms with Gasteiger partial charge in [0.1, 0.15) is 0 Å². The van der Waals surface area contributed by atoms with E-state index in [1.165, 1.54) is 18.4 Å². The van der Waals surface area contributed by atoms with Gasteiger partial charge >= 0.3 is 5.97 Å². The molecular weight excluding hydrogens is 250 g/mol. The van der Waals surface area contributed by atoms with Crippen LogP contribution in [0.4, 0.5) is 0 Å². The molecule has 1 aromatic carbocycles. The van der Waals surface area contributed by atoms with Crippen molar-refractivity contribution in [2.24, 2.45) is 5.92 Å². The van der Waals surface area contributed by atoms with Gasteiger partial charge in [-0.2, -0.15) is 0 Å². The third-order valence-corrected chi connectivity index (χ3v) is 4.02. The summed E-state index contributed by atoms with van der Waals surface area (Å²) in [4.78, 5) is 13.9. The van der Waals surface area contributed by atoms with Gasteiger partial charge in [-0.1, -0.05) is 30.3 Å². The highest BCUT2D eigenvalue weighted by molar-refractivity contribution is 5.69. The summed E-state index contributed by atoms with van der Waals surface area (Å²) in [6.45, 7) is 5.69. The zero-order valence-corrected chi connectivity index (χ0v) is 12.4. The Morgan fingerprint density at radius 3 is 2.60 bits per heavy atom. The predicted molar refractivity (Wildman–Crippen MR) is 80.3 cm³/mol. The van der Waals surface area contributed by atoms with Gasteiger partial charge in [0.25, 0.3) is 0 Å². The van der Waals surface area contributed by atoms with E-state index in [1.807, 2.05) is 6.92 Å². The van der Waals surface area contributed by atoms with Gasteiger partial charge in [0.2, 0.25) is 0 Å². The second-order valence-electron chi connectivity index (χ2n) is 5.55. The lowest BCUT2D eigenvalue weighted by Crippen LogP contribution is -2.33.